The molecule has 22 heavy (non-hydrogen) atoms. The average molecular weight is 304 g/mol. The van der Waals surface area contributed by atoms with Crippen LogP contribution in [-0.4, -0.2) is 24.2 Å². The predicted molar refractivity (Wildman–Crippen MR) is 76.7 cm³/mol. The van der Waals surface area contributed by atoms with Gasteiger partial charge < -0.3 is 14.0 Å². The van der Waals surface area contributed by atoms with Gasteiger partial charge in [0.25, 0.3) is 5.69 Å². The summed E-state index contributed by atoms with van der Waals surface area (Å²) in [5.41, 5.74) is 0.476. The fourth-order valence-corrected chi connectivity index (χ4v) is 1.72. The Balaban J connectivity index is 2.28. The number of carbonyl (C=O) groups excluding carboxylic acids is 1. The van der Waals surface area contributed by atoms with Gasteiger partial charge in [0.15, 0.2) is 0 Å². The molecule has 114 valence electrons. The van der Waals surface area contributed by atoms with Crippen molar-refractivity contribution in [2.24, 2.45) is 5.16 Å². The van der Waals surface area contributed by atoms with E-state index in [9.17, 15) is 14.9 Å². The first-order valence-corrected chi connectivity index (χ1v) is 6.15. The molecular weight excluding hydrogens is 292 g/mol. The third kappa shape index (κ3) is 3.48. The summed E-state index contributed by atoms with van der Waals surface area (Å²) in [4.78, 5) is 25.3. The molecule has 0 fully saturated rings. The molecule has 2 rings (SSSR count). The maximum Gasteiger partial charge on any atom is 0.331 e. The summed E-state index contributed by atoms with van der Waals surface area (Å²) in [7, 11) is 1.41. The molecule has 0 N–H and O–H groups in total. The first-order chi connectivity index (χ1) is 10.5. The number of ether oxygens (including phenoxy) is 1. The maximum atomic E-state index is 10.8. The van der Waals surface area contributed by atoms with E-state index >= 15 is 0 Å². The number of rotatable bonds is 5. The number of furan rings is 1. The number of non-ortho nitro benzene ring substituents is 1. The highest BCUT2D eigenvalue weighted by Crippen LogP contribution is 2.33. The monoisotopic (exact) mass is 304 g/mol. The molecule has 0 aliphatic heterocycles. The topological polar surface area (TPSA) is 104 Å². The van der Waals surface area contributed by atoms with Crippen LogP contribution in [0.2, 0.25) is 0 Å². The van der Waals surface area contributed by atoms with Crippen molar-refractivity contribution in [3.05, 3.63) is 46.2 Å². The van der Waals surface area contributed by atoms with Gasteiger partial charge in [-0.05, 0) is 18.2 Å². The van der Waals surface area contributed by atoms with Crippen molar-refractivity contribution in [2.45, 2.75) is 6.92 Å². The zero-order chi connectivity index (χ0) is 16.1. The molecule has 0 radical (unpaired) electrons. The van der Waals surface area contributed by atoms with E-state index in [1.54, 1.807) is 12.1 Å². The molecule has 0 saturated heterocycles. The molecule has 2 aromatic rings. The highest BCUT2D eigenvalue weighted by Gasteiger charge is 2.15. The number of nitro groups is 1. The summed E-state index contributed by atoms with van der Waals surface area (Å²) in [6.45, 7) is 1.23. The quantitative estimate of drug-likeness (QED) is 0.364. The molecule has 0 aliphatic rings. The lowest BCUT2D eigenvalue weighted by Gasteiger charge is -2.05. The zero-order valence-corrected chi connectivity index (χ0v) is 11.8. The van der Waals surface area contributed by atoms with Crippen LogP contribution >= 0.6 is 0 Å². The highest BCUT2D eigenvalue weighted by molar-refractivity contribution is 5.79. The Morgan fingerprint density at radius 1 is 1.36 bits per heavy atom. The van der Waals surface area contributed by atoms with Gasteiger partial charge in [-0.15, -0.1) is 0 Å². The molecule has 0 spiro atoms. The van der Waals surface area contributed by atoms with E-state index in [1.807, 2.05) is 0 Å². The van der Waals surface area contributed by atoms with Crippen LogP contribution in [0.1, 0.15) is 12.7 Å². The first-order valence-electron chi connectivity index (χ1n) is 6.15. The van der Waals surface area contributed by atoms with Gasteiger partial charge in [0, 0.05) is 13.0 Å². The van der Waals surface area contributed by atoms with Crippen molar-refractivity contribution < 1.29 is 23.7 Å². The van der Waals surface area contributed by atoms with Crippen molar-refractivity contribution >= 4 is 17.9 Å². The maximum absolute atomic E-state index is 10.8. The SMILES string of the molecule is COc1cc([N+](=O)[O-])ccc1-c1ccc(/C=N\OC(C)=O)o1. The second-order valence-corrected chi connectivity index (χ2v) is 4.16. The summed E-state index contributed by atoms with van der Waals surface area (Å²) < 4.78 is 10.6. The number of benzene rings is 1. The van der Waals surface area contributed by atoms with Gasteiger partial charge in [-0.3, -0.25) is 10.1 Å². The largest absolute Gasteiger partial charge is 0.496 e. The molecule has 8 nitrogen and oxygen atoms in total. The van der Waals surface area contributed by atoms with Crippen LogP contribution in [0.4, 0.5) is 5.69 Å². The molecule has 0 unspecified atom stereocenters. The summed E-state index contributed by atoms with van der Waals surface area (Å²) >= 11 is 0. The van der Waals surface area contributed by atoms with E-state index in [2.05, 4.69) is 9.99 Å². The summed E-state index contributed by atoms with van der Waals surface area (Å²) in [6, 6.07) is 7.46. The number of nitrogens with zero attached hydrogens (tertiary/aromatic N) is 2. The molecule has 1 heterocycles. The Labute approximate surface area is 125 Å². The van der Waals surface area contributed by atoms with Gasteiger partial charge in [0.2, 0.25) is 0 Å². The van der Waals surface area contributed by atoms with Gasteiger partial charge in [-0.25, -0.2) is 4.79 Å². The van der Waals surface area contributed by atoms with Crippen LogP contribution in [0.3, 0.4) is 0 Å². The van der Waals surface area contributed by atoms with Crippen LogP contribution in [0, 0.1) is 10.1 Å². The Kier molecular flexibility index (Phi) is 4.52. The van der Waals surface area contributed by atoms with Gasteiger partial charge in [-0.2, -0.15) is 0 Å². The van der Waals surface area contributed by atoms with Crippen molar-refractivity contribution in [3.8, 4) is 17.1 Å². The van der Waals surface area contributed by atoms with Crippen molar-refractivity contribution in [1.29, 1.82) is 0 Å². The normalized spacial score (nSPS) is 10.6. The van der Waals surface area contributed by atoms with Crippen LogP contribution < -0.4 is 4.74 Å². The Bertz CT molecular complexity index is 735. The Morgan fingerprint density at radius 3 is 2.77 bits per heavy atom. The summed E-state index contributed by atoms with van der Waals surface area (Å²) in [5.74, 6) is 0.569. The standard InChI is InChI=1S/C14H12N2O6/c1-9(17)22-15-8-11-4-6-13(21-11)12-5-3-10(16(18)19)7-14(12)20-2/h3-8H,1-2H3/b15-8-. The summed E-state index contributed by atoms with van der Waals surface area (Å²) in [5, 5.41) is 14.2. The fraction of sp³-hybridized carbons (Fsp3) is 0.143. The van der Waals surface area contributed by atoms with Crippen molar-refractivity contribution in [1.82, 2.24) is 0 Å². The lowest BCUT2D eigenvalue weighted by molar-refractivity contribution is -0.384. The van der Waals surface area contributed by atoms with Gasteiger partial charge in [0.1, 0.15) is 23.5 Å². The van der Waals surface area contributed by atoms with E-state index in [4.69, 9.17) is 9.15 Å². The van der Waals surface area contributed by atoms with E-state index in [0.29, 0.717) is 22.8 Å². The van der Waals surface area contributed by atoms with E-state index < -0.39 is 10.9 Å². The number of oxime groups is 1. The molecule has 0 aliphatic carbocycles. The van der Waals surface area contributed by atoms with E-state index in [1.165, 1.54) is 38.4 Å². The fourth-order valence-electron chi connectivity index (χ4n) is 1.72. The van der Waals surface area contributed by atoms with Crippen LogP contribution in [-0.2, 0) is 9.63 Å². The van der Waals surface area contributed by atoms with Gasteiger partial charge in [-0.1, -0.05) is 5.16 Å². The number of nitro benzene ring substituents is 1. The minimum atomic E-state index is -0.542. The molecule has 0 amide bonds. The van der Waals surface area contributed by atoms with Crippen molar-refractivity contribution in [2.75, 3.05) is 7.11 Å². The van der Waals surface area contributed by atoms with Gasteiger partial charge in [0.05, 0.1) is 23.7 Å². The number of hydrogen-bond donors (Lipinski definition) is 0. The molecule has 1 aromatic heterocycles. The molecule has 0 bridgehead atoms. The minimum Gasteiger partial charge on any atom is -0.496 e. The third-order valence-corrected chi connectivity index (χ3v) is 2.65. The lowest BCUT2D eigenvalue weighted by Crippen LogP contribution is -1.92. The second kappa shape index (κ2) is 6.53. The van der Waals surface area contributed by atoms with E-state index in [0.717, 1.165) is 0 Å². The average Bonchev–Trinajstić information content (AvgIpc) is 2.94. The van der Waals surface area contributed by atoms with Crippen LogP contribution in [0.15, 0.2) is 39.9 Å². The molecule has 0 saturated carbocycles. The molecule has 8 heteroatoms. The highest BCUT2D eigenvalue weighted by atomic mass is 16.7. The summed E-state index contributed by atoms with van der Waals surface area (Å²) in [6.07, 6.45) is 1.24. The Morgan fingerprint density at radius 2 is 2.14 bits per heavy atom. The number of hydrogen-bond acceptors (Lipinski definition) is 7. The predicted octanol–water partition coefficient (Wildman–Crippen LogP) is 2.76. The smallest absolute Gasteiger partial charge is 0.331 e. The minimum absolute atomic E-state index is 0.0798. The van der Waals surface area contributed by atoms with E-state index in [-0.39, 0.29) is 5.69 Å². The zero-order valence-electron chi connectivity index (χ0n) is 11.8. The van der Waals surface area contributed by atoms with Crippen molar-refractivity contribution in [3.63, 3.8) is 0 Å². The van der Waals surface area contributed by atoms with Crippen LogP contribution in [0.25, 0.3) is 11.3 Å². The second-order valence-electron chi connectivity index (χ2n) is 4.16. The number of methoxy groups -OCH3 is 1. The molecule has 0 atom stereocenters. The Hall–Kier alpha value is -3.16. The first kappa shape index (κ1) is 15.2. The third-order valence-electron chi connectivity index (χ3n) is 2.65. The molecular formula is C14H12N2O6. The molecule has 1 aromatic carbocycles. The lowest BCUT2D eigenvalue weighted by atomic mass is 10.1. The van der Waals surface area contributed by atoms with Crippen LogP contribution in [0.5, 0.6) is 5.75 Å². The van der Waals surface area contributed by atoms with Gasteiger partial charge >= 0.3 is 5.97 Å². The number of carbonyl (C=O) groups is 1.